The molecule has 1 aromatic carbocycles. The lowest BCUT2D eigenvalue weighted by molar-refractivity contribution is 0.440. The van der Waals surface area contributed by atoms with Gasteiger partial charge in [0.2, 0.25) is 0 Å². The average Bonchev–Trinajstić information content (AvgIpc) is 2.35. The lowest BCUT2D eigenvalue weighted by Crippen LogP contribution is -2.04. The van der Waals surface area contributed by atoms with Crippen LogP contribution in [-0.2, 0) is 0 Å². The van der Waals surface area contributed by atoms with Gasteiger partial charge in [-0.25, -0.2) is 0 Å². The molecule has 1 atom stereocenters. The Balaban J connectivity index is 2.40. The normalized spacial score (nSPS) is 12.4. The first-order chi connectivity index (χ1) is 7.77. The summed E-state index contributed by atoms with van der Waals surface area (Å²) in [7, 11) is 0. The van der Waals surface area contributed by atoms with Crippen LogP contribution < -0.4 is 0 Å². The van der Waals surface area contributed by atoms with E-state index in [2.05, 4.69) is 13.8 Å². The summed E-state index contributed by atoms with van der Waals surface area (Å²) in [6.45, 7) is 4.50. The molecular formula is C15H23N. The van der Waals surface area contributed by atoms with Crippen LogP contribution in [0.25, 0.3) is 0 Å². The van der Waals surface area contributed by atoms with Gasteiger partial charge in [0.1, 0.15) is 0 Å². The summed E-state index contributed by atoms with van der Waals surface area (Å²) in [4.78, 5) is 0. The van der Waals surface area contributed by atoms with Gasteiger partial charge in [-0.1, -0.05) is 63.4 Å². The number of nitrogens with one attached hydrogen (secondary N) is 1. The molecular weight excluding hydrogens is 194 g/mol. The van der Waals surface area contributed by atoms with Gasteiger partial charge >= 0.3 is 0 Å². The van der Waals surface area contributed by atoms with Crippen LogP contribution in [0.15, 0.2) is 30.3 Å². The number of rotatable bonds is 7. The molecule has 0 aliphatic heterocycles. The lowest BCUT2D eigenvalue weighted by Gasteiger charge is -2.13. The molecule has 1 N–H and O–H groups in total. The topological polar surface area (TPSA) is 23.9 Å². The van der Waals surface area contributed by atoms with E-state index in [1.807, 2.05) is 30.3 Å². The van der Waals surface area contributed by atoms with Crippen LogP contribution in [0.4, 0.5) is 0 Å². The van der Waals surface area contributed by atoms with Gasteiger partial charge in [0.25, 0.3) is 0 Å². The summed E-state index contributed by atoms with van der Waals surface area (Å²) >= 11 is 0. The first kappa shape index (κ1) is 13.0. The predicted molar refractivity (Wildman–Crippen MR) is 71.2 cm³/mol. The van der Waals surface area contributed by atoms with E-state index in [1.165, 1.54) is 19.3 Å². The fourth-order valence-corrected chi connectivity index (χ4v) is 2.09. The first-order valence-electron chi connectivity index (χ1n) is 6.40. The third-order valence-corrected chi connectivity index (χ3v) is 3.20. The molecule has 0 aliphatic rings. The molecule has 16 heavy (non-hydrogen) atoms. The van der Waals surface area contributed by atoms with Crippen molar-refractivity contribution in [3.8, 4) is 0 Å². The molecule has 1 nitrogen and oxygen atoms in total. The molecule has 0 heterocycles. The highest BCUT2D eigenvalue weighted by atomic mass is 14.4. The summed E-state index contributed by atoms with van der Waals surface area (Å²) in [6.07, 6.45) is 5.90. The van der Waals surface area contributed by atoms with Crippen molar-refractivity contribution in [3.05, 3.63) is 35.9 Å². The maximum Gasteiger partial charge on any atom is 0.0386 e. The Morgan fingerprint density at radius 1 is 1.12 bits per heavy atom. The lowest BCUT2D eigenvalue weighted by atomic mass is 9.93. The molecule has 88 valence electrons. The molecule has 0 aliphatic carbocycles. The molecule has 0 amide bonds. The van der Waals surface area contributed by atoms with Crippen molar-refractivity contribution < 1.29 is 0 Å². The fourth-order valence-electron chi connectivity index (χ4n) is 2.09. The predicted octanol–water partition coefficient (Wildman–Crippen LogP) is 4.66. The number of hydrogen-bond acceptors (Lipinski definition) is 1. The zero-order chi connectivity index (χ0) is 11.8. The largest absolute Gasteiger partial charge is 0.305 e. The highest BCUT2D eigenvalue weighted by Crippen LogP contribution is 2.18. The summed E-state index contributed by atoms with van der Waals surface area (Å²) in [5, 5.41) is 8.03. The van der Waals surface area contributed by atoms with Gasteiger partial charge in [-0.15, -0.1) is 0 Å². The van der Waals surface area contributed by atoms with Gasteiger partial charge < -0.3 is 5.41 Å². The van der Waals surface area contributed by atoms with Crippen LogP contribution in [0.5, 0.6) is 0 Å². The van der Waals surface area contributed by atoms with E-state index in [0.717, 1.165) is 30.0 Å². The van der Waals surface area contributed by atoms with E-state index in [-0.39, 0.29) is 0 Å². The van der Waals surface area contributed by atoms with Crippen LogP contribution >= 0.6 is 0 Å². The van der Waals surface area contributed by atoms with E-state index >= 15 is 0 Å². The quantitative estimate of drug-likeness (QED) is 0.642. The van der Waals surface area contributed by atoms with Crippen LogP contribution in [0.2, 0.25) is 0 Å². The maximum atomic E-state index is 8.03. The van der Waals surface area contributed by atoms with Crippen molar-refractivity contribution >= 4 is 5.71 Å². The van der Waals surface area contributed by atoms with Gasteiger partial charge in [0.05, 0.1) is 0 Å². The summed E-state index contributed by atoms with van der Waals surface area (Å²) in [6, 6.07) is 10.1. The highest BCUT2D eigenvalue weighted by molar-refractivity contribution is 5.98. The third kappa shape index (κ3) is 4.18. The van der Waals surface area contributed by atoms with E-state index in [9.17, 15) is 0 Å². The van der Waals surface area contributed by atoms with Gasteiger partial charge in [0, 0.05) is 5.71 Å². The minimum atomic E-state index is 0.787. The van der Waals surface area contributed by atoms with E-state index in [1.54, 1.807) is 0 Å². The van der Waals surface area contributed by atoms with Crippen LogP contribution in [0.3, 0.4) is 0 Å². The molecule has 1 heteroatoms. The number of benzene rings is 1. The first-order valence-corrected chi connectivity index (χ1v) is 6.40. The van der Waals surface area contributed by atoms with Crippen LogP contribution in [-0.4, -0.2) is 5.71 Å². The summed E-state index contributed by atoms with van der Waals surface area (Å²) in [5.74, 6) is 0.800. The Morgan fingerprint density at radius 2 is 1.81 bits per heavy atom. The second-order valence-electron chi connectivity index (χ2n) is 4.45. The van der Waals surface area contributed by atoms with Crippen LogP contribution in [0, 0.1) is 11.3 Å². The molecule has 1 aromatic rings. The van der Waals surface area contributed by atoms with Gasteiger partial charge in [-0.3, -0.25) is 0 Å². The van der Waals surface area contributed by atoms with Crippen LogP contribution in [0.1, 0.15) is 51.5 Å². The molecule has 1 rings (SSSR count). The Hall–Kier alpha value is -1.11. The van der Waals surface area contributed by atoms with Gasteiger partial charge in [0.15, 0.2) is 0 Å². The second-order valence-corrected chi connectivity index (χ2v) is 4.45. The van der Waals surface area contributed by atoms with Crippen molar-refractivity contribution in [2.45, 2.75) is 46.0 Å². The van der Waals surface area contributed by atoms with E-state index < -0.39 is 0 Å². The molecule has 0 aromatic heterocycles. The highest BCUT2D eigenvalue weighted by Gasteiger charge is 2.07. The van der Waals surface area contributed by atoms with E-state index in [0.29, 0.717) is 0 Å². The molecule has 0 fully saturated rings. The minimum Gasteiger partial charge on any atom is -0.305 e. The standard InChI is InChI=1S/C15H23N/c1-3-8-13(4-2)11-12-15(16)14-9-6-5-7-10-14/h5-7,9-10,13,16H,3-4,8,11-12H2,1-2H3. The van der Waals surface area contributed by atoms with Crippen molar-refractivity contribution in [3.63, 3.8) is 0 Å². The van der Waals surface area contributed by atoms with Gasteiger partial charge in [-0.05, 0) is 24.3 Å². The summed E-state index contributed by atoms with van der Waals surface area (Å²) in [5.41, 5.74) is 1.86. The zero-order valence-electron chi connectivity index (χ0n) is 10.5. The third-order valence-electron chi connectivity index (χ3n) is 3.20. The Bertz CT molecular complexity index is 302. The summed E-state index contributed by atoms with van der Waals surface area (Å²) < 4.78 is 0. The second kappa shape index (κ2) is 7.21. The van der Waals surface area contributed by atoms with E-state index in [4.69, 9.17) is 5.41 Å². The molecule has 0 bridgehead atoms. The molecule has 0 spiro atoms. The average molecular weight is 217 g/mol. The SMILES string of the molecule is CCCC(CC)CCC(=N)c1ccccc1. The number of hydrogen-bond donors (Lipinski definition) is 1. The maximum absolute atomic E-state index is 8.03. The Morgan fingerprint density at radius 3 is 2.38 bits per heavy atom. The molecule has 0 saturated carbocycles. The molecule has 1 unspecified atom stereocenters. The fraction of sp³-hybridized carbons (Fsp3) is 0.533. The van der Waals surface area contributed by atoms with Crippen molar-refractivity contribution in [2.24, 2.45) is 5.92 Å². The Kier molecular flexibility index (Phi) is 5.84. The smallest absolute Gasteiger partial charge is 0.0386 e. The van der Waals surface area contributed by atoms with Gasteiger partial charge in [-0.2, -0.15) is 0 Å². The zero-order valence-corrected chi connectivity index (χ0v) is 10.5. The van der Waals surface area contributed by atoms with Crippen molar-refractivity contribution in [1.82, 2.24) is 0 Å². The van der Waals surface area contributed by atoms with Crippen molar-refractivity contribution in [1.29, 1.82) is 5.41 Å². The Labute approximate surface area is 99.4 Å². The molecule has 0 radical (unpaired) electrons. The molecule has 0 saturated heterocycles. The van der Waals surface area contributed by atoms with Crippen molar-refractivity contribution in [2.75, 3.05) is 0 Å². The monoisotopic (exact) mass is 217 g/mol. The minimum absolute atomic E-state index is 0.787.